The highest BCUT2D eigenvalue weighted by atomic mass is 19.1. The number of carbonyl (C=O) groups excluding carboxylic acids is 4. The number of halogens is 1. The standard InChI is InChI=1S/C23H21FN2O5/c1-12(22(29)15-3-6-20-14(9-15)7-8-26(20)13(2)27)31-23(30)18-11-21(28)25-19-10-16(24)4-5-17(18)19/h3-6,9-10,12,18H,7-8,11H2,1-2H3,(H,25,28)/t12-,18+/m0/s1. The van der Waals surface area contributed by atoms with Crippen molar-refractivity contribution in [1.82, 2.24) is 0 Å². The van der Waals surface area contributed by atoms with Crippen LogP contribution in [0.15, 0.2) is 36.4 Å². The first-order valence-electron chi connectivity index (χ1n) is 9.99. The van der Waals surface area contributed by atoms with E-state index in [4.69, 9.17) is 4.74 Å². The van der Waals surface area contributed by atoms with Gasteiger partial charge in [-0.25, -0.2) is 4.39 Å². The van der Waals surface area contributed by atoms with Gasteiger partial charge in [0, 0.05) is 36.8 Å². The number of nitrogens with one attached hydrogen (secondary N) is 1. The lowest BCUT2D eigenvalue weighted by Crippen LogP contribution is -2.32. The van der Waals surface area contributed by atoms with E-state index in [0.29, 0.717) is 24.1 Å². The van der Waals surface area contributed by atoms with Crippen molar-refractivity contribution in [3.63, 3.8) is 0 Å². The van der Waals surface area contributed by atoms with Crippen molar-refractivity contribution in [2.75, 3.05) is 16.8 Å². The molecule has 0 bridgehead atoms. The van der Waals surface area contributed by atoms with Gasteiger partial charge in [-0.3, -0.25) is 19.2 Å². The van der Waals surface area contributed by atoms with Gasteiger partial charge in [0.1, 0.15) is 5.82 Å². The van der Waals surface area contributed by atoms with Gasteiger partial charge in [0.15, 0.2) is 6.10 Å². The summed E-state index contributed by atoms with van der Waals surface area (Å²) in [4.78, 5) is 50.9. The Balaban J connectivity index is 1.49. The Morgan fingerprint density at radius 3 is 2.71 bits per heavy atom. The summed E-state index contributed by atoms with van der Waals surface area (Å²) in [6.07, 6.45) is -0.558. The van der Waals surface area contributed by atoms with Gasteiger partial charge in [0.2, 0.25) is 17.6 Å². The second kappa shape index (κ2) is 7.94. The number of fused-ring (bicyclic) bond motifs is 2. The minimum Gasteiger partial charge on any atom is -0.454 e. The molecular weight excluding hydrogens is 403 g/mol. The molecule has 0 saturated heterocycles. The number of nitrogens with zero attached hydrogens (tertiary/aromatic N) is 1. The third-order valence-electron chi connectivity index (χ3n) is 5.64. The highest BCUT2D eigenvalue weighted by Crippen LogP contribution is 2.34. The molecule has 8 heteroatoms. The van der Waals surface area contributed by atoms with E-state index >= 15 is 0 Å². The number of hydrogen-bond acceptors (Lipinski definition) is 5. The Bertz CT molecular complexity index is 1110. The van der Waals surface area contributed by atoms with Gasteiger partial charge in [-0.2, -0.15) is 0 Å². The van der Waals surface area contributed by atoms with Crippen molar-refractivity contribution in [3.05, 3.63) is 58.9 Å². The van der Waals surface area contributed by atoms with Gasteiger partial charge in [-0.05, 0) is 54.8 Å². The van der Waals surface area contributed by atoms with Crippen LogP contribution < -0.4 is 10.2 Å². The normalized spacial score (nSPS) is 18.0. The summed E-state index contributed by atoms with van der Waals surface area (Å²) in [5.74, 6) is -3.02. The second-order valence-corrected chi connectivity index (χ2v) is 7.74. The fourth-order valence-corrected chi connectivity index (χ4v) is 4.07. The zero-order valence-corrected chi connectivity index (χ0v) is 17.1. The number of amides is 2. The molecule has 0 fully saturated rings. The van der Waals surface area contributed by atoms with Crippen LogP contribution in [-0.4, -0.2) is 36.2 Å². The molecule has 4 rings (SSSR count). The van der Waals surface area contributed by atoms with Gasteiger partial charge in [-0.15, -0.1) is 0 Å². The predicted octanol–water partition coefficient (Wildman–Crippen LogP) is 2.98. The molecule has 2 aliphatic heterocycles. The molecule has 0 aliphatic carbocycles. The van der Waals surface area contributed by atoms with E-state index in [-0.39, 0.29) is 23.8 Å². The van der Waals surface area contributed by atoms with Crippen LogP contribution in [-0.2, 0) is 25.5 Å². The monoisotopic (exact) mass is 424 g/mol. The minimum atomic E-state index is -1.07. The molecular formula is C23H21FN2O5. The van der Waals surface area contributed by atoms with Crippen molar-refractivity contribution in [3.8, 4) is 0 Å². The Morgan fingerprint density at radius 1 is 1.19 bits per heavy atom. The number of esters is 1. The smallest absolute Gasteiger partial charge is 0.314 e. The van der Waals surface area contributed by atoms with E-state index in [1.807, 2.05) is 0 Å². The number of ether oxygens (including phenoxy) is 1. The van der Waals surface area contributed by atoms with Crippen LogP contribution in [0, 0.1) is 5.82 Å². The Labute approximate surface area is 178 Å². The fourth-order valence-electron chi connectivity index (χ4n) is 4.07. The molecule has 2 heterocycles. The number of anilines is 2. The van der Waals surface area contributed by atoms with Gasteiger partial charge >= 0.3 is 5.97 Å². The minimum absolute atomic E-state index is 0.0585. The van der Waals surface area contributed by atoms with E-state index < -0.39 is 29.7 Å². The van der Waals surface area contributed by atoms with Crippen molar-refractivity contribution < 1.29 is 28.3 Å². The molecule has 2 atom stereocenters. The zero-order chi connectivity index (χ0) is 22.3. The van der Waals surface area contributed by atoms with E-state index in [9.17, 15) is 23.6 Å². The van der Waals surface area contributed by atoms with Crippen molar-refractivity contribution in [1.29, 1.82) is 0 Å². The van der Waals surface area contributed by atoms with Crippen molar-refractivity contribution >= 4 is 34.9 Å². The van der Waals surface area contributed by atoms with Crippen LogP contribution in [0.4, 0.5) is 15.8 Å². The van der Waals surface area contributed by atoms with E-state index in [0.717, 1.165) is 17.3 Å². The number of hydrogen-bond donors (Lipinski definition) is 1. The molecule has 1 N–H and O–H groups in total. The summed E-state index contributed by atoms with van der Waals surface area (Å²) in [5.41, 5.74) is 2.73. The number of benzene rings is 2. The topological polar surface area (TPSA) is 92.8 Å². The molecule has 7 nitrogen and oxygen atoms in total. The fraction of sp³-hybridized carbons (Fsp3) is 0.304. The quantitative estimate of drug-likeness (QED) is 0.602. The molecule has 2 aliphatic rings. The van der Waals surface area contributed by atoms with E-state index in [1.165, 1.54) is 26.0 Å². The van der Waals surface area contributed by atoms with E-state index in [1.54, 1.807) is 23.1 Å². The third kappa shape index (κ3) is 3.93. The molecule has 0 saturated carbocycles. The molecule has 0 unspecified atom stereocenters. The first-order chi connectivity index (χ1) is 14.7. The molecule has 2 aromatic rings. The summed E-state index contributed by atoms with van der Waals surface area (Å²) in [6, 6.07) is 8.84. The number of ketones is 1. The van der Waals surface area contributed by atoms with Crippen LogP contribution in [0.5, 0.6) is 0 Å². The molecule has 0 radical (unpaired) electrons. The lowest BCUT2D eigenvalue weighted by Gasteiger charge is -2.25. The van der Waals surface area contributed by atoms with Gasteiger partial charge in [-0.1, -0.05) is 6.07 Å². The number of rotatable bonds is 4. The molecule has 0 spiro atoms. The zero-order valence-electron chi connectivity index (χ0n) is 17.1. The van der Waals surface area contributed by atoms with Crippen LogP contribution >= 0.6 is 0 Å². The Morgan fingerprint density at radius 2 is 1.97 bits per heavy atom. The van der Waals surface area contributed by atoms with E-state index in [2.05, 4.69) is 5.32 Å². The lowest BCUT2D eigenvalue weighted by atomic mass is 9.90. The summed E-state index contributed by atoms with van der Waals surface area (Å²) < 4.78 is 18.9. The molecule has 160 valence electrons. The van der Waals surface area contributed by atoms with Crippen LogP contribution in [0.25, 0.3) is 0 Å². The van der Waals surface area contributed by atoms with Gasteiger partial charge < -0.3 is 15.0 Å². The van der Waals surface area contributed by atoms with Crippen LogP contribution in [0.2, 0.25) is 0 Å². The maximum Gasteiger partial charge on any atom is 0.314 e. The summed E-state index contributed by atoms with van der Waals surface area (Å²) >= 11 is 0. The second-order valence-electron chi connectivity index (χ2n) is 7.74. The predicted molar refractivity (Wildman–Crippen MR) is 110 cm³/mol. The molecule has 0 aromatic heterocycles. The van der Waals surface area contributed by atoms with Crippen molar-refractivity contribution in [2.45, 2.75) is 38.7 Å². The maximum atomic E-state index is 13.5. The first kappa shape index (κ1) is 20.7. The maximum absolute atomic E-state index is 13.5. The molecule has 2 aromatic carbocycles. The Hall–Kier alpha value is -3.55. The average Bonchev–Trinajstić information content (AvgIpc) is 3.15. The summed E-state index contributed by atoms with van der Waals surface area (Å²) in [7, 11) is 0. The lowest BCUT2D eigenvalue weighted by molar-refractivity contribution is -0.149. The summed E-state index contributed by atoms with van der Waals surface area (Å²) in [5, 5.41) is 2.54. The number of carbonyl (C=O) groups is 4. The van der Waals surface area contributed by atoms with Gasteiger partial charge in [0.05, 0.1) is 5.92 Å². The molecule has 31 heavy (non-hydrogen) atoms. The van der Waals surface area contributed by atoms with Crippen molar-refractivity contribution in [2.24, 2.45) is 0 Å². The number of Topliss-reactive ketones (excluding diaryl/α,β-unsaturated/α-hetero) is 1. The highest BCUT2D eigenvalue weighted by molar-refractivity contribution is 6.03. The average molecular weight is 424 g/mol. The van der Waals surface area contributed by atoms with Crippen LogP contribution in [0.1, 0.15) is 47.7 Å². The third-order valence-corrected chi connectivity index (χ3v) is 5.64. The van der Waals surface area contributed by atoms with Crippen LogP contribution in [0.3, 0.4) is 0 Å². The van der Waals surface area contributed by atoms with Gasteiger partial charge in [0.25, 0.3) is 0 Å². The summed E-state index contributed by atoms with van der Waals surface area (Å²) in [6.45, 7) is 3.54. The largest absolute Gasteiger partial charge is 0.454 e. The Kier molecular flexibility index (Phi) is 5.31. The molecule has 2 amide bonds. The highest BCUT2D eigenvalue weighted by Gasteiger charge is 2.34. The SMILES string of the molecule is CC(=O)N1CCc2cc(C(=O)[C@H](C)OC(=O)[C@@H]3CC(=O)Nc4cc(F)ccc43)ccc21. The first-order valence-corrected chi connectivity index (χ1v) is 9.99.